The van der Waals surface area contributed by atoms with Crippen molar-refractivity contribution in [2.24, 2.45) is 0 Å². The summed E-state index contributed by atoms with van der Waals surface area (Å²) in [6.45, 7) is 1.49. The Balaban J connectivity index is -0.000000202. The van der Waals surface area contributed by atoms with Gasteiger partial charge in [0, 0.05) is 0 Å². The van der Waals surface area contributed by atoms with Gasteiger partial charge in [0.2, 0.25) is 0 Å². The van der Waals surface area contributed by atoms with Gasteiger partial charge in [-0.05, 0) is 6.42 Å². The molecule has 84 valence electrons. The summed E-state index contributed by atoms with van der Waals surface area (Å²) in [5.74, 6) is 0. The second-order valence-electron chi connectivity index (χ2n) is 2.25. The van der Waals surface area contributed by atoms with Crippen molar-refractivity contribution in [1.29, 1.82) is 0 Å². The minimum absolute atomic E-state index is 0. The van der Waals surface area contributed by atoms with Crippen LogP contribution in [0.3, 0.4) is 0 Å². The van der Waals surface area contributed by atoms with E-state index in [2.05, 4.69) is 9.47 Å². The SMILES string of the molecule is CCCOC(=O)OCC(O)CO.F.[NaH].[NaH]. The zero-order valence-corrected chi connectivity index (χ0v) is 7.43. The van der Waals surface area contributed by atoms with E-state index in [0.717, 1.165) is 6.42 Å². The summed E-state index contributed by atoms with van der Waals surface area (Å²) in [5, 5.41) is 17.1. The van der Waals surface area contributed by atoms with Gasteiger partial charge in [-0.15, -0.1) is 0 Å². The van der Waals surface area contributed by atoms with Crippen molar-refractivity contribution in [2.75, 3.05) is 19.8 Å². The van der Waals surface area contributed by atoms with Crippen molar-refractivity contribution < 1.29 is 29.2 Å². The number of aliphatic hydroxyl groups is 2. The van der Waals surface area contributed by atoms with E-state index in [-0.39, 0.29) is 70.4 Å². The first-order valence-electron chi connectivity index (χ1n) is 3.79. The summed E-state index contributed by atoms with van der Waals surface area (Å²) in [5.41, 5.74) is 0. The topological polar surface area (TPSA) is 76.0 Å². The van der Waals surface area contributed by atoms with Gasteiger partial charge in [-0.25, -0.2) is 4.79 Å². The van der Waals surface area contributed by atoms with E-state index in [1.165, 1.54) is 0 Å². The second kappa shape index (κ2) is 17.5. The molecule has 8 heteroatoms. The van der Waals surface area contributed by atoms with Crippen LogP contribution < -0.4 is 0 Å². The number of carbonyl (C=O) groups is 1. The standard InChI is InChI=1S/C7H14O5.FH.2Na.2H/c1-2-3-11-7(10)12-5-6(9)4-8;;;;;/h6,8-9H,2-5H2,1H3;1H;;;;. The molecule has 0 radical (unpaired) electrons. The first-order valence-corrected chi connectivity index (χ1v) is 3.79. The maximum absolute atomic E-state index is 10.6. The van der Waals surface area contributed by atoms with Gasteiger partial charge in [0.05, 0.1) is 13.2 Å². The van der Waals surface area contributed by atoms with Gasteiger partial charge in [-0.3, -0.25) is 4.70 Å². The van der Waals surface area contributed by atoms with Crippen LogP contribution in [0.5, 0.6) is 0 Å². The molecule has 0 aromatic carbocycles. The molecule has 15 heavy (non-hydrogen) atoms. The molecule has 0 aliphatic carbocycles. The minimum atomic E-state index is -1.03. The fourth-order valence-corrected chi connectivity index (χ4v) is 0.444. The molecule has 0 saturated heterocycles. The molecule has 5 nitrogen and oxygen atoms in total. The van der Waals surface area contributed by atoms with Crippen molar-refractivity contribution in [1.82, 2.24) is 0 Å². The Kier molecular flexibility index (Phi) is 29.3. The van der Waals surface area contributed by atoms with Gasteiger partial charge in [0.1, 0.15) is 12.7 Å². The van der Waals surface area contributed by atoms with Crippen LogP contribution in [0.4, 0.5) is 9.50 Å². The molecule has 0 aliphatic heterocycles. The fourth-order valence-electron chi connectivity index (χ4n) is 0.444. The third-order valence-electron chi connectivity index (χ3n) is 1.03. The molecule has 0 heterocycles. The average molecular weight is 246 g/mol. The van der Waals surface area contributed by atoms with Crippen molar-refractivity contribution in [2.45, 2.75) is 19.4 Å². The molecule has 2 N–H and O–H groups in total. The van der Waals surface area contributed by atoms with E-state index in [0.29, 0.717) is 6.61 Å². The Hall–Kier alpha value is 1.12. The van der Waals surface area contributed by atoms with E-state index in [4.69, 9.17) is 10.2 Å². The van der Waals surface area contributed by atoms with E-state index < -0.39 is 18.9 Å². The monoisotopic (exact) mass is 246 g/mol. The zero-order chi connectivity index (χ0) is 9.40. The molecule has 0 amide bonds. The van der Waals surface area contributed by atoms with Crippen molar-refractivity contribution in [3.63, 3.8) is 0 Å². The van der Waals surface area contributed by atoms with Crippen LogP contribution in [0.2, 0.25) is 0 Å². The summed E-state index contributed by atoms with van der Waals surface area (Å²) in [7, 11) is 0. The summed E-state index contributed by atoms with van der Waals surface area (Å²) >= 11 is 0. The molecule has 0 aromatic rings. The summed E-state index contributed by atoms with van der Waals surface area (Å²) in [6.07, 6.45) is -1.12. The van der Waals surface area contributed by atoms with E-state index in [9.17, 15) is 4.79 Å². The Morgan fingerprint density at radius 1 is 1.33 bits per heavy atom. The summed E-state index contributed by atoms with van der Waals surface area (Å²) in [6, 6.07) is 0. The quantitative estimate of drug-likeness (QED) is 0.468. The van der Waals surface area contributed by atoms with Gasteiger partial charge >= 0.3 is 65.3 Å². The number of aliphatic hydroxyl groups excluding tert-OH is 2. The van der Waals surface area contributed by atoms with Gasteiger partial charge in [0.15, 0.2) is 0 Å². The molecule has 0 fully saturated rings. The van der Waals surface area contributed by atoms with Crippen LogP contribution in [0.25, 0.3) is 0 Å². The number of hydrogen-bond acceptors (Lipinski definition) is 5. The third kappa shape index (κ3) is 17.7. The van der Waals surface area contributed by atoms with Crippen LogP contribution in [-0.2, 0) is 9.47 Å². The van der Waals surface area contributed by atoms with Crippen LogP contribution in [0.15, 0.2) is 0 Å². The van der Waals surface area contributed by atoms with Crippen molar-refractivity contribution in [3.8, 4) is 0 Å². The van der Waals surface area contributed by atoms with Crippen LogP contribution in [0, 0.1) is 0 Å². The van der Waals surface area contributed by atoms with E-state index in [1.54, 1.807) is 0 Å². The molecule has 0 aliphatic rings. The molecular formula is C7H17FNa2O5. The normalized spacial score (nSPS) is 9.80. The van der Waals surface area contributed by atoms with Crippen LogP contribution in [0.1, 0.15) is 13.3 Å². The van der Waals surface area contributed by atoms with Gasteiger partial charge in [0.25, 0.3) is 0 Å². The van der Waals surface area contributed by atoms with Crippen molar-refractivity contribution >= 4 is 65.3 Å². The maximum atomic E-state index is 10.6. The molecule has 1 unspecified atom stereocenters. The number of carbonyl (C=O) groups excluding carboxylic acids is 1. The number of hydrogen-bond donors (Lipinski definition) is 2. The van der Waals surface area contributed by atoms with E-state index in [1.807, 2.05) is 6.92 Å². The molecule has 0 rings (SSSR count). The van der Waals surface area contributed by atoms with Crippen LogP contribution >= 0.6 is 0 Å². The molecular weight excluding hydrogens is 229 g/mol. The van der Waals surface area contributed by atoms with Gasteiger partial charge < -0.3 is 19.7 Å². The predicted molar refractivity (Wildman–Crippen MR) is 57.5 cm³/mol. The summed E-state index contributed by atoms with van der Waals surface area (Å²) in [4.78, 5) is 10.6. The van der Waals surface area contributed by atoms with Crippen molar-refractivity contribution in [3.05, 3.63) is 0 Å². The fraction of sp³-hybridized carbons (Fsp3) is 0.857. The Labute approximate surface area is 132 Å². The van der Waals surface area contributed by atoms with E-state index >= 15 is 0 Å². The molecule has 1 atom stereocenters. The third-order valence-corrected chi connectivity index (χ3v) is 1.03. The van der Waals surface area contributed by atoms with Gasteiger partial charge in [-0.2, -0.15) is 0 Å². The molecule has 0 saturated carbocycles. The first-order chi connectivity index (χ1) is 5.70. The summed E-state index contributed by atoms with van der Waals surface area (Å²) < 4.78 is 8.96. The Morgan fingerprint density at radius 3 is 2.27 bits per heavy atom. The van der Waals surface area contributed by atoms with Gasteiger partial charge in [-0.1, -0.05) is 6.92 Å². The first kappa shape index (κ1) is 25.1. The zero-order valence-electron chi connectivity index (χ0n) is 7.43. The number of ether oxygens (including phenoxy) is 2. The number of rotatable bonds is 5. The Morgan fingerprint density at radius 2 is 1.87 bits per heavy atom. The predicted octanol–water partition coefficient (Wildman–Crippen LogP) is -1.24. The Bertz CT molecular complexity index is 139. The molecule has 0 bridgehead atoms. The number of halogens is 1. The average Bonchev–Trinajstić information content (AvgIpc) is 2.10. The molecule has 0 aromatic heterocycles. The molecule has 0 spiro atoms. The van der Waals surface area contributed by atoms with Crippen LogP contribution in [-0.4, -0.2) is 101 Å². The second-order valence-corrected chi connectivity index (χ2v) is 2.25.